The van der Waals surface area contributed by atoms with Gasteiger partial charge in [0.1, 0.15) is 0 Å². The van der Waals surface area contributed by atoms with Gasteiger partial charge in [-0.3, -0.25) is 0 Å². The van der Waals surface area contributed by atoms with Gasteiger partial charge in [-0.15, -0.1) is 0 Å². The zero-order chi connectivity index (χ0) is 20.0. The maximum absolute atomic E-state index is 6.16. The van der Waals surface area contributed by atoms with E-state index >= 15 is 0 Å². The first-order valence-corrected chi connectivity index (χ1v) is 22.5. The van der Waals surface area contributed by atoms with Crippen LogP contribution in [0, 0.1) is 0 Å². The molecule has 0 fully saturated rings. The molecule has 0 saturated heterocycles. The van der Waals surface area contributed by atoms with Gasteiger partial charge in [-0.25, -0.2) is 0 Å². The van der Waals surface area contributed by atoms with Crippen molar-refractivity contribution in [3.8, 4) is 0 Å². The molecule has 6 heteroatoms. The summed E-state index contributed by atoms with van der Waals surface area (Å²) in [5.41, 5.74) is 1.46. The molecule has 0 saturated carbocycles. The van der Waals surface area contributed by atoms with Crippen LogP contribution in [0.1, 0.15) is 27.2 Å². The topological polar surface area (TPSA) is 27.7 Å². The monoisotopic (exact) mass is 579 g/mol. The van der Waals surface area contributed by atoms with Crippen LogP contribution in [-0.4, -0.2) is 36.7 Å². The molecule has 0 aromatic carbocycles. The van der Waals surface area contributed by atoms with Crippen molar-refractivity contribution >= 4 is 16.9 Å². The predicted octanol–water partition coefficient (Wildman–Crippen LogP) is 6.35. The molecule has 0 aromatic heterocycles. The Morgan fingerprint density at radius 2 is 1.54 bits per heavy atom. The van der Waals surface area contributed by atoms with Gasteiger partial charge < -0.3 is 0 Å². The second-order valence-corrected chi connectivity index (χ2v) is 26.5. The molecule has 0 aliphatic heterocycles. The molecule has 0 bridgehead atoms. The summed E-state index contributed by atoms with van der Waals surface area (Å²) in [5.74, 6) is 0. The van der Waals surface area contributed by atoms with Gasteiger partial charge >= 0.3 is 168 Å². The van der Waals surface area contributed by atoms with E-state index in [1.807, 2.05) is 20.8 Å². The van der Waals surface area contributed by atoms with Crippen molar-refractivity contribution in [1.29, 1.82) is 0 Å². The van der Waals surface area contributed by atoms with Crippen molar-refractivity contribution < 1.29 is 29.3 Å². The minimum atomic E-state index is -2.68. The van der Waals surface area contributed by atoms with Gasteiger partial charge in [-0.05, 0) is 0 Å². The molecule has 0 unspecified atom stereocenters. The van der Waals surface area contributed by atoms with Gasteiger partial charge in [-0.2, -0.15) is 0 Å². The fourth-order valence-corrected chi connectivity index (χ4v) is 17.1. The van der Waals surface area contributed by atoms with E-state index in [2.05, 4.69) is 47.8 Å². The fraction of sp³-hybridized carbons (Fsp3) is 0.700. The molecule has 0 spiro atoms. The van der Waals surface area contributed by atoms with Gasteiger partial charge in [0.2, 0.25) is 0 Å². The molecule has 0 aromatic rings. The van der Waals surface area contributed by atoms with Crippen LogP contribution in [0.4, 0.5) is 0 Å². The average Bonchev–Trinajstić information content (AvgIpc) is 2.92. The fourth-order valence-electron chi connectivity index (χ4n) is 3.58. The van der Waals surface area contributed by atoms with Gasteiger partial charge in [0, 0.05) is 0 Å². The van der Waals surface area contributed by atoms with Crippen LogP contribution in [0.2, 0.25) is 41.1 Å². The van der Waals surface area contributed by atoms with Gasteiger partial charge in [0.15, 0.2) is 0 Å². The van der Waals surface area contributed by atoms with Crippen molar-refractivity contribution in [3.63, 3.8) is 0 Å². The number of hydrogen-bond donors (Lipinski definition) is 0. The molecule has 26 heavy (non-hydrogen) atoms. The Kier molecular flexibility index (Phi) is 9.45. The van der Waals surface area contributed by atoms with E-state index in [9.17, 15) is 0 Å². The van der Waals surface area contributed by atoms with E-state index < -0.39 is 32.9 Å². The summed E-state index contributed by atoms with van der Waals surface area (Å²) in [4.78, 5) is 0. The normalized spacial score (nSPS) is 16.8. The summed E-state index contributed by atoms with van der Waals surface area (Å²) in [7, 11) is -4.26. The van der Waals surface area contributed by atoms with Crippen molar-refractivity contribution in [2.75, 3.05) is 19.8 Å². The van der Waals surface area contributed by atoms with Crippen LogP contribution in [0.3, 0.4) is 0 Å². The minimum absolute atomic E-state index is 0.634. The molecule has 3 nitrogen and oxygen atoms in total. The Morgan fingerprint density at radius 1 is 1.04 bits per heavy atom. The number of rotatable bonds is 12. The molecule has 1 aliphatic carbocycles. The summed E-state index contributed by atoms with van der Waals surface area (Å²) < 4.78 is 20.2. The number of allylic oxidation sites excluding steroid dienone is 5. The van der Waals surface area contributed by atoms with E-state index in [0.717, 1.165) is 18.5 Å². The first-order valence-electron chi connectivity index (χ1n) is 9.38. The van der Waals surface area contributed by atoms with E-state index in [1.54, 1.807) is 9.16 Å². The molecular formula is C20H40O3PtSi2. The third-order valence-corrected chi connectivity index (χ3v) is 16.4. The summed E-state index contributed by atoms with van der Waals surface area (Å²) >= 11 is -1.84. The number of hydrogen-bond acceptors (Lipinski definition) is 3. The SMILES string of the molecule is C=CC[Si](C)(C)C1=[C]([Pt]([CH3])([CH3])[CH3])CC=C1C[Si](OCC)(OCC)OCC. The third kappa shape index (κ3) is 6.11. The van der Waals surface area contributed by atoms with Crippen LogP contribution in [0.5, 0.6) is 0 Å². The van der Waals surface area contributed by atoms with E-state index in [4.69, 9.17) is 13.3 Å². The Labute approximate surface area is 167 Å². The van der Waals surface area contributed by atoms with E-state index in [0.29, 0.717) is 19.8 Å². The van der Waals surface area contributed by atoms with Crippen molar-refractivity contribution in [2.24, 2.45) is 0 Å². The molecule has 0 N–H and O–H groups in total. The Bertz CT molecular complexity index is 531. The van der Waals surface area contributed by atoms with E-state index in [-0.39, 0.29) is 0 Å². The summed E-state index contributed by atoms with van der Waals surface area (Å²) in [6.07, 6.45) is 5.68. The first kappa shape index (κ1) is 24.3. The van der Waals surface area contributed by atoms with Crippen LogP contribution >= 0.6 is 0 Å². The molecule has 0 amide bonds. The second-order valence-electron chi connectivity index (χ2n) is 7.63. The molecule has 0 radical (unpaired) electrons. The second kappa shape index (κ2) is 10.1. The summed E-state index contributed by atoms with van der Waals surface area (Å²) in [6, 6.07) is 1.93. The van der Waals surface area contributed by atoms with Crippen LogP contribution in [-0.2, 0) is 29.3 Å². The van der Waals surface area contributed by atoms with Crippen LogP contribution in [0.15, 0.2) is 33.5 Å². The zero-order valence-corrected chi connectivity index (χ0v) is 22.4. The Balaban J connectivity index is 3.35. The Morgan fingerprint density at radius 3 is 1.92 bits per heavy atom. The average molecular weight is 580 g/mol. The first-order chi connectivity index (χ1) is 12.1. The predicted molar refractivity (Wildman–Crippen MR) is 115 cm³/mol. The molecule has 1 rings (SSSR count). The van der Waals surface area contributed by atoms with Gasteiger partial charge in [0.05, 0.1) is 0 Å². The van der Waals surface area contributed by atoms with Crippen molar-refractivity contribution in [3.05, 3.63) is 33.5 Å². The van der Waals surface area contributed by atoms with E-state index in [1.165, 1.54) is 5.57 Å². The molecule has 0 atom stereocenters. The molecule has 1 aliphatic rings. The third-order valence-electron chi connectivity index (χ3n) is 4.50. The van der Waals surface area contributed by atoms with Gasteiger partial charge in [-0.1, -0.05) is 0 Å². The van der Waals surface area contributed by atoms with Crippen LogP contribution < -0.4 is 0 Å². The molecular weight excluding hydrogens is 539 g/mol. The standard InChI is InChI=1S/C17H31O3Si2.3CH3.Pt/c1-7-14-21(5,6)17-13-11-12-16(17)15-22(18-8-2,19-9-3)20-10-4;;;;/h7,12H,1,8-11,14-15H2,2-6H3;3*1H3;. The molecule has 0 heterocycles. The maximum atomic E-state index is 6.16. The molecule has 156 valence electrons. The zero-order valence-electron chi connectivity index (χ0n) is 18.1. The van der Waals surface area contributed by atoms with Crippen molar-refractivity contribution in [2.45, 2.75) is 68.3 Å². The summed E-state index contributed by atoms with van der Waals surface area (Å²) in [5, 5.41) is 9.21. The van der Waals surface area contributed by atoms with Gasteiger partial charge in [0.25, 0.3) is 0 Å². The Hall–Kier alpha value is 0.222. The van der Waals surface area contributed by atoms with Crippen LogP contribution in [0.25, 0.3) is 0 Å². The quantitative estimate of drug-likeness (QED) is 0.199. The summed E-state index contributed by atoms with van der Waals surface area (Å²) in [6.45, 7) is 17.0. The van der Waals surface area contributed by atoms with Crippen molar-refractivity contribution in [1.82, 2.24) is 0 Å².